The number of amides is 1. The molecule has 1 amide bonds. The number of nitrogens with one attached hydrogen (secondary N) is 1. The van der Waals surface area contributed by atoms with Crippen LogP contribution in [0.25, 0.3) is 0 Å². The molecule has 0 fully saturated rings. The highest BCUT2D eigenvalue weighted by molar-refractivity contribution is 5.93. The number of rotatable bonds is 9. The summed E-state index contributed by atoms with van der Waals surface area (Å²) in [7, 11) is 4.74. The van der Waals surface area contributed by atoms with Crippen LogP contribution >= 0.6 is 0 Å². The average Bonchev–Trinajstić information content (AvgIpc) is 2.82. The zero-order valence-electron chi connectivity index (χ0n) is 17.6. The summed E-state index contributed by atoms with van der Waals surface area (Å²) in [6, 6.07) is 19.9. The van der Waals surface area contributed by atoms with E-state index in [2.05, 4.69) is 10.3 Å². The van der Waals surface area contributed by atoms with E-state index in [9.17, 15) is 4.79 Å². The molecule has 0 spiro atoms. The van der Waals surface area contributed by atoms with E-state index >= 15 is 0 Å². The van der Waals surface area contributed by atoms with Gasteiger partial charge in [0.1, 0.15) is 28.7 Å². The summed E-state index contributed by atoms with van der Waals surface area (Å²) in [5, 5.41) is 2.77. The van der Waals surface area contributed by atoms with Gasteiger partial charge in [0, 0.05) is 12.3 Å². The topological polar surface area (TPSA) is 78.4 Å². The van der Waals surface area contributed by atoms with Crippen LogP contribution in [-0.4, -0.2) is 40.1 Å². The Kier molecular flexibility index (Phi) is 7.48. The molecule has 3 aromatic carbocycles. The third kappa shape index (κ3) is 5.99. The van der Waals surface area contributed by atoms with Gasteiger partial charge in [-0.25, -0.2) is 0 Å². The molecule has 3 rings (SSSR count). The molecule has 0 aliphatic carbocycles. The van der Waals surface area contributed by atoms with Gasteiger partial charge in [-0.2, -0.15) is 0 Å². The normalized spacial score (nSPS) is 10.5. The summed E-state index contributed by atoms with van der Waals surface area (Å²) in [5.74, 6) is 2.22. The molecule has 0 aliphatic rings. The van der Waals surface area contributed by atoms with E-state index < -0.39 is 0 Å². The van der Waals surface area contributed by atoms with Crippen molar-refractivity contribution in [3.05, 3.63) is 72.3 Å². The van der Waals surface area contributed by atoms with Crippen molar-refractivity contribution in [1.29, 1.82) is 0 Å². The maximum atomic E-state index is 12.2. The Morgan fingerprint density at radius 1 is 0.871 bits per heavy atom. The highest BCUT2D eigenvalue weighted by Gasteiger charge is 2.08. The number of hydrogen-bond donors (Lipinski definition) is 1. The Labute approximate surface area is 181 Å². The molecule has 0 radical (unpaired) electrons. The van der Waals surface area contributed by atoms with E-state index in [0.717, 1.165) is 5.56 Å². The van der Waals surface area contributed by atoms with E-state index in [-0.39, 0.29) is 12.5 Å². The lowest BCUT2D eigenvalue weighted by molar-refractivity contribution is -0.118. The first-order chi connectivity index (χ1) is 15.1. The van der Waals surface area contributed by atoms with E-state index in [0.29, 0.717) is 34.4 Å². The Balaban J connectivity index is 1.57. The molecule has 7 heteroatoms. The van der Waals surface area contributed by atoms with Gasteiger partial charge in [0.05, 0.1) is 27.0 Å². The van der Waals surface area contributed by atoms with Crippen molar-refractivity contribution < 1.29 is 23.7 Å². The second-order valence-corrected chi connectivity index (χ2v) is 6.40. The summed E-state index contributed by atoms with van der Waals surface area (Å²) in [5.41, 5.74) is 2.17. The minimum atomic E-state index is -0.276. The highest BCUT2D eigenvalue weighted by atomic mass is 16.5. The van der Waals surface area contributed by atoms with Crippen LogP contribution in [-0.2, 0) is 4.79 Å². The molecule has 0 saturated carbocycles. The van der Waals surface area contributed by atoms with Gasteiger partial charge in [-0.05, 0) is 54.1 Å². The first kappa shape index (κ1) is 21.7. The first-order valence-electron chi connectivity index (χ1n) is 9.54. The van der Waals surface area contributed by atoms with Crippen molar-refractivity contribution in [3.63, 3.8) is 0 Å². The lowest BCUT2D eigenvalue weighted by atomic mass is 10.2. The largest absolute Gasteiger partial charge is 0.497 e. The SMILES string of the molecule is COc1ccc(N=Cc2ccc(OCC(=O)Nc3ccccc3OC)cc2)c(OC)c1. The van der Waals surface area contributed by atoms with Crippen LogP contribution in [0.5, 0.6) is 23.0 Å². The number of carbonyl (C=O) groups excluding carboxylic acids is 1. The lowest BCUT2D eigenvalue weighted by Gasteiger charge is -2.10. The van der Waals surface area contributed by atoms with Crippen molar-refractivity contribution >= 4 is 23.5 Å². The molecule has 1 N–H and O–H groups in total. The molecular weight excluding hydrogens is 396 g/mol. The van der Waals surface area contributed by atoms with Crippen LogP contribution in [0.2, 0.25) is 0 Å². The number of anilines is 1. The van der Waals surface area contributed by atoms with Crippen LogP contribution in [0.1, 0.15) is 5.56 Å². The highest BCUT2D eigenvalue weighted by Crippen LogP contribution is 2.31. The zero-order chi connectivity index (χ0) is 22.1. The maximum absolute atomic E-state index is 12.2. The van der Waals surface area contributed by atoms with Gasteiger partial charge in [0.25, 0.3) is 5.91 Å². The number of hydrogen-bond acceptors (Lipinski definition) is 6. The summed E-state index contributed by atoms with van der Waals surface area (Å²) in [6.45, 7) is -0.117. The van der Waals surface area contributed by atoms with Crippen molar-refractivity contribution in [2.75, 3.05) is 33.3 Å². The fourth-order valence-corrected chi connectivity index (χ4v) is 2.77. The average molecular weight is 420 g/mol. The van der Waals surface area contributed by atoms with E-state index in [4.69, 9.17) is 18.9 Å². The molecule has 0 bridgehead atoms. The Morgan fingerprint density at radius 3 is 2.29 bits per heavy atom. The summed E-state index contributed by atoms with van der Waals surface area (Å²) in [6.07, 6.45) is 1.72. The Bertz CT molecular complexity index is 1050. The smallest absolute Gasteiger partial charge is 0.262 e. The van der Waals surface area contributed by atoms with Gasteiger partial charge in [-0.1, -0.05) is 12.1 Å². The zero-order valence-corrected chi connectivity index (χ0v) is 17.6. The van der Waals surface area contributed by atoms with Crippen molar-refractivity contribution in [3.8, 4) is 23.0 Å². The van der Waals surface area contributed by atoms with Gasteiger partial charge in [0.15, 0.2) is 6.61 Å². The van der Waals surface area contributed by atoms with Gasteiger partial charge >= 0.3 is 0 Å². The second-order valence-electron chi connectivity index (χ2n) is 6.40. The minimum absolute atomic E-state index is 0.117. The minimum Gasteiger partial charge on any atom is -0.497 e. The number of carbonyl (C=O) groups is 1. The standard InChI is InChI=1S/C24H24N2O5/c1-28-19-12-13-20(23(14-19)30-3)25-15-17-8-10-18(11-9-17)31-16-24(27)26-21-6-4-5-7-22(21)29-2/h4-15H,16H2,1-3H3,(H,26,27). The molecule has 3 aromatic rings. The van der Waals surface area contributed by atoms with E-state index in [1.165, 1.54) is 0 Å². The van der Waals surface area contributed by atoms with Crippen LogP contribution in [0.15, 0.2) is 71.7 Å². The molecule has 0 atom stereocenters. The number of aliphatic imine (C=N–C) groups is 1. The van der Waals surface area contributed by atoms with Gasteiger partial charge in [0.2, 0.25) is 0 Å². The fraction of sp³-hybridized carbons (Fsp3) is 0.167. The number of benzene rings is 3. The van der Waals surface area contributed by atoms with Crippen LogP contribution in [0, 0.1) is 0 Å². The Morgan fingerprint density at radius 2 is 1.58 bits per heavy atom. The maximum Gasteiger partial charge on any atom is 0.262 e. The Hall–Kier alpha value is -4.00. The lowest BCUT2D eigenvalue weighted by Crippen LogP contribution is -2.20. The van der Waals surface area contributed by atoms with Crippen molar-refractivity contribution in [2.45, 2.75) is 0 Å². The van der Waals surface area contributed by atoms with E-state index in [1.807, 2.05) is 36.4 Å². The summed E-state index contributed by atoms with van der Waals surface area (Å²) < 4.78 is 21.3. The number of methoxy groups -OCH3 is 3. The van der Waals surface area contributed by atoms with Crippen LogP contribution in [0.4, 0.5) is 11.4 Å². The van der Waals surface area contributed by atoms with Gasteiger partial charge < -0.3 is 24.3 Å². The second kappa shape index (κ2) is 10.7. The van der Waals surface area contributed by atoms with Crippen molar-refractivity contribution in [2.24, 2.45) is 4.99 Å². The number of ether oxygens (including phenoxy) is 4. The molecule has 0 aliphatic heterocycles. The third-order valence-electron chi connectivity index (χ3n) is 4.37. The molecule has 7 nitrogen and oxygen atoms in total. The molecule has 0 saturated heterocycles. The quantitative estimate of drug-likeness (QED) is 0.517. The number of para-hydroxylation sites is 2. The predicted octanol–water partition coefficient (Wildman–Crippen LogP) is 4.48. The molecular formula is C24H24N2O5. The van der Waals surface area contributed by atoms with E-state index in [1.54, 1.807) is 57.9 Å². The first-order valence-corrected chi connectivity index (χ1v) is 9.54. The molecule has 0 aromatic heterocycles. The van der Waals surface area contributed by atoms with Crippen LogP contribution in [0.3, 0.4) is 0 Å². The summed E-state index contributed by atoms with van der Waals surface area (Å²) >= 11 is 0. The predicted molar refractivity (Wildman–Crippen MR) is 120 cm³/mol. The molecule has 0 unspecified atom stereocenters. The summed E-state index contributed by atoms with van der Waals surface area (Å²) in [4.78, 5) is 16.6. The van der Waals surface area contributed by atoms with Crippen LogP contribution < -0.4 is 24.3 Å². The van der Waals surface area contributed by atoms with Crippen molar-refractivity contribution in [1.82, 2.24) is 0 Å². The monoisotopic (exact) mass is 420 g/mol. The molecule has 0 heterocycles. The fourth-order valence-electron chi connectivity index (χ4n) is 2.77. The number of nitrogens with zero attached hydrogens (tertiary/aromatic N) is 1. The third-order valence-corrected chi connectivity index (χ3v) is 4.37. The molecule has 160 valence electrons. The molecule has 31 heavy (non-hydrogen) atoms. The van der Waals surface area contributed by atoms with Gasteiger partial charge in [-0.3, -0.25) is 9.79 Å². The van der Waals surface area contributed by atoms with Gasteiger partial charge in [-0.15, -0.1) is 0 Å².